The van der Waals surface area contributed by atoms with Crippen molar-refractivity contribution in [3.63, 3.8) is 0 Å². The number of rotatable bonds is 9. The molecule has 150 valence electrons. The van der Waals surface area contributed by atoms with Gasteiger partial charge in [0.2, 0.25) is 10.0 Å². The molecule has 0 aliphatic heterocycles. The van der Waals surface area contributed by atoms with Crippen LogP contribution in [0.3, 0.4) is 0 Å². The lowest BCUT2D eigenvalue weighted by atomic mass is 10.0. The van der Waals surface area contributed by atoms with Crippen LogP contribution < -0.4 is 10.0 Å². The summed E-state index contributed by atoms with van der Waals surface area (Å²) in [6, 6.07) is 12.6. The van der Waals surface area contributed by atoms with E-state index in [1.54, 1.807) is 48.5 Å². The summed E-state index contributed by atoms with van der Waals surface area (Å²) in [4.78, 5) is 23.7. The van der Waals surface area contributed by atoms with E-state index in [9.17, 15) is 18.0 Å². The molecule has 1 atom stereocenters. The molecular formula is C19H21ClN2O5S. The molecule has 0 bridgehead atoms. The molecule has 1 amide bonds. The maximum Gasteiger partial charge on any atom is 0.305 e. The van der Waals surface area contributed by atoms with Crippen LogP contribution in [-0.2, 0) is 21.2 Å². The molecule has 0 aliphatic rings. The summed E-state index contributed by atoms with van der Waals surface area (Å²) in [5.74, 6) is -1.43. The second-order valence-electron chi connectivity index (χ2n) is 6.29. The Morgan fingerprint density at radius 1 is 1.07 bits per heavy atom. The topological polar surface area (TPSA) is 113 Å². The number of sulfonamides is 1. The molecule has 0 saturated heterocycles. The molecule has 3 N–H and O–H groups in total. The molecule has 0 heterocycles. The van der Waals surface area contributed by atoms with Crippen LogP contribution in [0, 0.1) is 0 Å². The van der Waals surface area contributed by atoms with Crippen molar-refractivity contribution >= 4 is 33.5 Å². The number of carboxylic acids is 1. The Labute approximate surface area is 168 Å². The van der Waals surface area contributed by atoms with E-state index < -0.39 is 27.9 Å². The number of benzene rings is 2. The lowest BCUT2D eigenvalue weighted by Crippen LogP contribution is -2.30. The van der Waals surface area contributed by atoms with Gasteiger partial charge in [-0.2, -0.15) is 0 Å². The highest BCUT2D eigenvalue weighted by Gasteiger charge is 2.19. The van der Waals surface area contributed by atoms with Gasteiger partial charge in [-0.3, -0.25) is 9.59 Å². The Bertz CT molecular complexity index is 928. The van der Waals surface area contributed by atoms with Gasteiger partial charge in [-0.15, -0.1) is 0 Å². The number of carbonyl (C=O) groups is 2. The van der Waals surface area contributed by atoms with E-state index in [-0.39, 0.29) is 13.0 Å². The molecular weight excluding hydrogens is 404 g/mol. The molecule has 2 rings (SSSR count). The predicted molar refractivity (Wildman–Crippen MR) is 107 cm³/mol. The van der Waals surface area contributed by atoms with Gasteiger partial charge in [0.15, 0.2) is 0 Å². The second-order valence-corrected chi connectivity index (χ2v) is 8.56. The fraction of sp³-hybridized carbons (Fsp3) is 0.263. The lowest BCUT2D eigenvalue weighted by Gasteiger charge is -2.18. The van der Waals surface area contributed by atoms with E-state index in [0.717, 1.165) is 11.8 Å². The first-order valence-electron chi connectivity index (χ1n) is 8.46. The van der Waals surface area contributed by atoms with Crippen molar-refractivity contribution in [3.05, 3.63) is 70.2 Å². The Morgan fingerprint density at radius 3 is 2.21 bits per heavy atom. The predicted octanol–water partition coefficient (Wildman–Crippen LogP) is 2.38. The third-order valence-electron chi connectivity index (χ3n) is 3.95. The molecule has 0 radical (unpaired) electrons. The third kappa shape index (κ3) is 7.30. The van der Waals surface area contributed by atoms with Crippen LogP contribution in [0.4, 0.5) is 0 Å². The van der Waals surface area contributed by atoms with Crippen LogP contribution in [0.1, 0.15) is 33.9 Å². The number of carbonyl (C=O) groups excluding carboxylic acids is 1. The minimum atomic E-state index is -3.24. The summed E-state index contributed by atoms with van der Waals surface area (Å²) in [5, 5.41) is 12.4. The van der Waals surface area contributed by atoms with Gasteiger partial charge in [-0.05, 0) is 41.8 Å². The Kier molecular flexibility index (Phi) is 7.56. The summed E-state index contributed by atoms with van der Waals surface area (Å²) in [7, 11) is -3.24. The summed E-state index contributed by atoms with van der Waals surface area (Å²) in [5.41, 5.74) is 1.89. The highest BCUT2D eigenvalue weighted by molar-refractivity contribution is 7.88. The molecule has 1 unspecified atom stereocenters. The zero-order valence-electron chi connectivity index (χ0n) is 15.2. The van der Waals surface area contributed by atoms with Gasteiger partial charge in [0.1, 0.15) is 0 Å². The quantitative estimate of drug-likeness (QED) is 0.572. The fourth-order valence-electron chi connectivity index (χ4n) is 2.57. The van der Waals surface area contributed by atoms with Crippen molar-refractivity contribution in [3.8, 4) is 0 Å². The molecule has 0 spiro atoms. The zero-order valence-corrected chi connectivity index (χ0v) is 16.8. The van der Waals surface area contributed by atoms with Gasteiger partial charge < -0.3 is 10.4 Å². The minimum Gasteiger partial charge on any atom is -0.481 e. The molecule has 0 aromatic heterocycles. The van der Waals surface area contributed by atoms with Gasteiger partial charge in [0.25, 0.3) is 5.91 Å². The first-order chi connectivity index (χ1) is 13.1. The van der Waals surface area contributed by atoms with E-state index in [4.69, 9.17) is 16.7 Å². The second kappa shape index (κ2) is 9.68. The Hall–Kier alpha value is -2.42. The SMILES string of the molecule is CS(=O)(=O)NCCc1ccc(C(=O)NC(CC(=O)O)c2ccc(Cl)cc2)cc1. The third-order valence-corrected chi connectivity index (χ3v) is 4.93. The van der Waals surface area contributed by atoms with Gasteiger partial charge in [0.05, 0.1) is 18.7 Å². The van der Waals surface area contributed by atoms with Gasteiger partial charge in [0, 0.05) is 17.1 Å². The number of carboxylic acid groups (broad SMARTS) is 1. The highest BCUT2D eigenvalue weighted by atomic mass is 35.5. The standard InChI is InChI=1S/C19H21ClN2O5S/c1-28(26,27)21-11-10-13-2-4-15(5-3-13)19(25)22-17(12-18(23)24)14-6-8-16(20)9-7-14/h2-9,17,21H,10-12H2,1H3,(H,22,25)(H,23,24). The zero-order chi connectivity index (χ0) is 20.7. The normalized spacial score (nSPS) is 12.4. The van der Waals surface area contributed by atoms with E-state index in [1.807, 2.05) is 0 Å². The fourth-order valence-corrected chi connectivity index (χ4v) is 3.17. The number of nitrogens with one attached hydrogen (secondary N) is 2. The van der Waals surface area contributed by atoms with Crippen LogP contribution in [0.2, 0.25) is 5.02 Å². The number of hydrogen-bond donors (Lipinski definition) is 3. The summed E-state index contributed by atoms with van der Waals surface area (Å²) < 4.78 is 24.5. The molecule has 0 fully saturated rings. The number of aliphatic carboxylic acids is 1. The van der Waals surface area contributed by atoms with E-state index in [2.05, 4.69) is 10.0 Å². The van der Waals surface area contributed by atoms with Crippen molar-refractivity contribution in [1.29, 1.82) is 0 Å². The first-order valence-corrected chi connectivity index (χ1v) is 10.7. The van der Waals surface area contributed by atoms with Crippen molar-refractivity contribution in [1.82, 2.24) is 10.0 Å². The monoisotopic (exact) mass is 424 g/mol. The molecule has 0 aliphatic carbocycles. The van der Waals surface area contributed by atoms with Crippen LogP contribution in [-0.4, -0.2) is 38.2 Å². The van der Waals surface area contributed by atoms with Crippen molar-refractivity contribution < 1.29 is 23.1 Å². The largest absolute Gasteiger partial charge is 0.481 e. The molecule has 2 aromatic carbocycles. The van der Waals surface area contributed by atoms with Gasteiger partial charge in [-0.1, -0.05) is 35.9 Å². The maximum absolute atomic E-state index is 12.5. The van der Waals surface area contributed by atoms with Crippen LogP contribution >= 0.6 is 11.6 Å². The minimum absolute atomic E-state index is 0.261. The molecule has 0 saturated carbocycles. The summed E-state index contributed by atoms with van der Waals surface area (Å²) in [6.45, 7) is 0.266. The smallest absolute Gasteiger partial charge is 0.305 e. The Balaban J connectivity index is 2.04. The average molecular weight is 425 g/mol. The Morgan fingerprint density at radius 2 is 1.68 bits per heavy atom. The van der Waals surface area contributed by atoms with Crippen LogP contribution in [0.25, 0.3) is 0 Å². The number of hydrogen-bond acceptors (Lipinski definition) is 4. The summed E-state index contributed by atoms with van der Waals surface area (Å²) in [6.07, 6.45) is 1.32. The lowest BCUT2D eigenvalue weighted by molar-refractivity contribution is -0.137. The number of halogens is 1. The number of amides is 1. The average Bonchev–Trinajstić information content (AvgIpc) is 2.61. The summed E-state index contributed by atoms with van der Waals surface area (Å²) >= 11 is 5.86. The van der Waals surface area contributed by atoms with Gasteiger partial charge >= 0.3 is 5.97 Å². The highest BCUT2D eigenvalue weighted by Crippen LogP contribution is 2.20. The maximum atomic E-state index is 12.5. The van der Waals surface area contributed by atoms with Crippen LogP contribution in [0.15, 0.2) is 48.5 Å². The molecule has 9 heteroatoms. The van der Waals surface area contributed by atoms with E-state index in [1.165, 1.54) is 0 Å². The molecule has 28 heavy (non-hydrogen) atoms. The van der Waals surface area contributed by atoms with Crippen molar-refractivity contribution in [2.45, 2.75) is 18.9 Å². The van der Waals surface area contributed by atoms with Crippen molar-refractivity contribution in [2.24, 2.45) is 0 Å². The van der Waals surface area contributed by atoms with Crippen molar-refractivity contribution in [2.75, 3.05) is 12.8 Å². The van der Waals surface area contributed by atoms with E-state index >= 15 is 0 Å². The van der Waals surface area contributed by atoms with Gasteiger partial charge in [-0.25, -0.2) is 13.1 Å². The van der Waals surface area contributed by atoms with Crippen LogP contribution in [0.5, 0.6) is 0 Å². The molecule has 7 nitrogen and oxygen atoms in total. The van der Waals surface area contributed by atoms with E-state index in [0.29, 0.717) is 22.6 Å². The molecule has 2 aromatic rings. The first kappa shape index (κ1) is 21.9.